The van der Waals surface area contributed by atoms with Gasteiger partial charge >= 0.3 is 0 Å². The molecule has 1 aliphatic heterocycles. The van der Waals surface area contributed by atoms with Crippen LogP contribution in [0.1, 0.15) is 45.4 Å². The molecule has 29 heavy (non-hydrogen) atoms. The molecule has 3 aromatic rings. The van der Waals surface area contributed by atoms with Crippen LogP contribution in [0, 0.1) is 13.8 Å². The SMILES string of the molecule is Cc1noc(C)c1COc1cccc(C(=O)NC2CCSc3ccc(Cl)cc32)c1. The summed E-state index contributed by atoms with van der Waals surface area (Å²) in [6.45, 7) is 4.08. The number of ether oxygens (including phenoxy) is 1. The van der Waals surface area contributed by atoms with Crippen molar-refractivity contribution in [2.24, 2.45) is 0 Å². The number of halogens is 1. The van der Waals surface area contributed by atoms with Crippen LogP contribution in [0.3, 0.4) is 0 Å². The monoisotopic (exact) mass is 428 g/mol. The second-order valence-electron chi connectivity index (χ2n) is 6.96. The second kappa shape index (κ2) is 8.51. The molecule has 1 N–H and O–H groups in total. The fourth-order valence-corrected chi connectivity index (χ4v) is 4.63. The van der Waals surface area contributed by atoms with Crippen molar-refractivity contribution < 1.29 is 14.1 Å². The number of hydrogen-bond donors (Lipinski definition) is 1. The van der Waals surface area contributed by atoms with Crippen LogP contribution in [0.2, 0.25) is 5.02 Å². The van der Waals surface area contributed by atoms with Crippen molar-refractivity contribution in [1.82, 2.24) is 10.5 Å². The van der Waals surface area contributed by atoms with Gasteiger partial charge in [0.05, 0.1) is 17.3 Å². The molecule has 1 atom stereocenters. The zero-order chi connectivity index (χ0) is 20.4. The maximum Gasteiger partial charge on any atom is 0.251 e. The lowest BCUT2D eigenvalue weighted by Crippen LogP contribution is -2.30. The summed E-state index contributed by atoms with van der Waals surface area (Å²) in [5.74, 6) is 2.19. The van der Waals surface area contributed by atoms with Gasteiger partial charge in [-0.3, -0.25) is 4.79 Å². The zero-order valence-corrected chi connectivity index (χ0v) is 17.8. The van der Waals surface area contributed by atoms with Crippen molar-refractivity contribution in [2.45, 2.75) is 37.8 Å². The topological polar surface area (TPSA) is 64.4 Å². The van der Waals surface area contributed by atoms with Gasteiger partial charge < -0.3 is 14.6 Å². The predicted octanol–water partition coefficient (Wildman–Crippen LogP) is 5.49. The number of nitrogens with one attached hydrogen (secondary N) is 1. The fraction of sp³-hybridized carbons (Fsp3) is 0.273. The Morgan fingerprint density at radius 2 is 2.17 bits per heavy atom. The summed E-state index contributed by atoms with van der Waals surface area (Å²) in [4.78, 5) is 14.0. The van der Waals surface area contributed by atoms with Crippen LogP contribution in [-0.4, -0.2) is 16.8 Å². The highest BCUT2D eigenvalue weighted by Gasteiger charge is 2.23. The second-order valence-corrected chi connectivity index (χ2v) is 8.54. The number of aromatic nitrogens is 1. The number of nitrogens with zero attached hydrogens (tertiary/aromatic N) is 1. The molecule has 150 valence electrons. The number of amides is 1. The van der Waals surface area contributed by atoms with Crippen LogP contribution in [0.5, 0.6) is 5.75 Å². The third-order valence-corrected chi connectivity index (χ3v) is 6.33. The lowest BCUT2D eigenvalue weighted by atomic mass is 10.0. The first-order valence-corrected chi connectivity index (χ1v) is 10.8. The summed E-state index contributed by atoms with van der Waals surface area (Å²) in [6, 6.07) is 13.0. The van der Waals surface area contributed by atoms with Gasteiger partial charge in [-0.1, -0.05) is 22.8 Å². The molecule has 1 unspecified atom stereocenters. The van der Waals surface area contributed by atoms with E-state index in [2.05, 4.69) is 10.5 Å². The van der Waals surface area contributed by atoms with Gasteiger partial charge in [-0.2, -0.15) is 0 Å². The van der Waals surface area contributed by atoms with Gasteiger partial charge in [-0.15, -0.1) is 11.8 Å². The van der Waals surface area contributed by atoms with Gasteiger partial charge in [0, 0.05) is 21.2 Å². The molecule has 1 aliphatic rings. The van der Waals surface area contributed by atoms with Crippen LogP contribution in [0.15, 0.2) is 51.9 Å². The average Bonchev–Trinajstić information content (AvgIpc) is 3.04. The number of rotatable bonds is 5. The molecule has 0 radical (unpaired) electrons. The van der Waals surface area contributed by atoms with E-state index in [1.54, 1.807) is 23.9 Å². The first-order valence-electron chi connectivity index (χ1n) is 9.39. The zero-order valence-electron chi connectivity index (χ0n) is 16.2. The van der Waals surface area contributed by atoms with Crippen molar-refractivity contribution >= 4 is 29.3 Å². The van der Waals surface area contributed by atoms with Crippen molar-refractivity contribution in [3.05, 3.63) is 75.6 Å². The van der Waals surface area contributed by atoms with Gasteiger partial charge in [0.15, 0.2) is 0 Å². The van der Waals surface area contributed by atoms with E-state index in [4.69, 9.17) is 20.9 Å². The van der Waals surface area contributed by atoms with Gasteiger partial charge in [-0.05, 0) is 62.2 Å². The normalized spacial score (nSPS) is 15.6. The van der Waals surface area contributed by atoms with Gasteiger partial charge in [0.2, 0.25) is 0 Å². The summed E-state index contributed by atoms with van der Waals surface area (Å²) < 4.78 is 11.0. The van der Waals surface area contributed by atoms with Crippen LogP contribution in [-0.2, 0) is 6.61 Å². The molecule has 0 spiro atoms. The third kappa shape index (κ3) is 4.43. The molecule has 5 nitrogen and oxygen atoms in total. The van der Waals surface area contributed by atoms with Crippen molar-refractivity contribution in [3.63, 3.8) is 0 Å². The van der Waals surface area contributed by atoms with Gasteiger partial charge in [-0.25, -0.2) is 0 Å². The van der Waals surface area contributed by atoms with Crippen molar-refractivity contribution in [3.8, 4) is 5.75 Å². The van der Waals surface area contributed by atoms with E-state index in [1.165, 1.54) is 4.90 Å². The van der Waals surface area contributed by atoms with Crippen molar-refractivity contribution in [2.75, 3.05) is 5.75 Å². The highest BCUT2D eigenvalue weighted by atomic mass is 35.5. The number of hydrogen-bond acceptors (Lipinski definition) is 5. The van der Waals surface area contributed by atoms with E-state index >= 15 is 0 Å². The Morgan fingerprint density at radius 3 is 2.97 bits per heavy atom. The minimum Gasteiger partial charge on any atom is -0.489 e. The molecular weight excluding hydrogens is 408 g/mol. The van der Waals surface area contributed by atoms with E-state index in [1.807, 2.05) is 44.2 Å². The lowest BCUT2D eigenvalue weighted by Gasteiger charge is -2.26. The molecule has 2 aromatic carbocycles. The Hall–Kier alpha value is -2.44. The summed E-state index contributed by atoms with van der Waals surface area (Å²) in [7, 11) is 0. The fourth-order valence-electron chi connectivity index (χ4n) is 3.35. The highest BCUT2D eigenvalue weighted by molar-refractivity contribution is 7.99. The minimum atomic E-state index is -0.129. The Kier molecular flexibility index (Phi) is 5.83. The Labute approximate surface area is 178 Å². The van der Waals surface area contributed by atoms with Gasteiger partial charge in [0.1, 0.15) is 18.1 Å². The summed E-state index contributed by atoms with van der Waals surface area (Å²) in [5.41, 5.74) is 3.37. The molecule has 0 fully saturated rings. The van der Waals surface area contributed by atoms with Crippen LogP contribution >= 0.6 is 23.4 Å². The predicted molar refractivity (Wildman–Crippen MR) is 114 cm³/mol. The molecule has 0 saturated carbocycles. The average molecular weight is 429 g/mol. The van der Waals surface area contributed by atoms with E-state index in [0.29, 0.717) is 22.9 Å². The molecule has 1 amide bonds. The molecular formula is C22H21ClN2O3S. The van der Waals surface area contributed by atoms with Crippen LogP contribution < -0.4 is 10.1 Å². The smallest absolute Gasteiger partial charge is 0.251 e. The maximum absolute atomic E-state index is 12.9. The maximum atomic E-state index is 12.9. The summed E-state index contributed by atoms with van der Waals surface area (Å²) >= 11 is 7.96. The quantitative estimate of drug-likeness (QED) is 0.582. The minimum absolute atomic E-state index is 0.0515. The Bertz CT molecular complexity index is 1030. The number of fused-ring (bicyclic) bond motifs is 1. The first kappa shape index (κ1) is 19.9. The number of carbonyl (C=O) groups is 1. The molecule has 2 heterocycles. The van der Waals surface area contributed by atoms with Crippen LogP contribution in [0.4, 0.5) is 0 Å². The van der Waals surface area contributed by atoms with E-state index < -0.39 is 0 Å². The van der Waals surface area contributed by atoms with Gasteiger partial charge in [0.25, 0.3) is 5.91 Å². The Morgan fingerprint density at radius 1 is 1.31 bits per heavy atom. The Balaban J connectivity index is 1.46. The third-order valence-electron chi connectivity index (χ3n) is 4.98. The summed E-state index contributed by atoms with van der Waals surface area (Å²) in [5, 5.41) is 7.76. The van der Waals surface area contributed by atoms with E-state index in [9.17, 15) is 4.79 Å². The molecule has 7 heteroatoms. The van der Waals surface area contributed by atoms with E-state index in [-0.39, 0.29) is 11.9 Å². The van der Waals surface area contributed by atoms with Crippen LogP contribution in [0.25, 0.3) is 0 Å². The van der Waals surface area contributed by atoms with Crippen molar-refractivity contribution in [1.29, 1.82) is 0 Å². The molecule has 0 aliphatic carbocycles. The number of carbonyl (C=O) groups excluding carboxylic acids is 1. The van der Waals surface area contributed by atoms with E-state index in [0.717, 1.165) is 34.8 Å². The number of benzene rings is 2. The highest BCUT2D eigenvalue weighted by Crippen LogP contribution is 2.37. The number of aryl methyl sites for hydroxylation is 2. The molecule has 0 bridgehead atoms. The standard InChI is InChI=1S/C22H21ClN2O3S/c1-13-19(14(2)28-25-13)12-27-17-5-3-4-15(10-17)22(26)24-20-8-9-29-21-7-6-16(23)11-18(20)21/h3-7,10-11,20H,8-9,12H2,1-2H3,(H,24,26). The lowest BCUT2D eigenvalue weighted by molar-refractivity contribution is 0.0934. The first-order chi connectivity index (χ1) is 14.0. The molecule has 0 saturated heterocycles. The summed E-state index contributed by atoms with van der Waals surface area (Å²) in [6.07, 6.45) is 0.867. The largest absolute Gasteiger partial charge is 0.489 e. The molecule has 1 aromatic heterocycles. The molecule has 4 rings (SSSR count). The number of thioether (sulfide) groups is 1.